The van der Waals surface area contributed by atoms with Gasteiger partial charge in [-0.3, -0.25) is 9.58 Å². The minimum Gasteiger partial charge on any atom is -0.497 e. The Kier molecular flexibility index (Phi) is 5.12. The van der Waals surface area contributed by atoms with E-state index in [0.29, 0.717) is 36.8 Å². The van der Waals surface area contributed by atoms with Crippen molar-refractivity contribution in [2.45, 2.75) is 18.4 Å². The zero-order valence-electron chi connectivity index (χ0n) is 14.8. The van der Waals surface area contributed by atoms with Gasteiger partial charge in [0, 0.05) is 39.8 Å². The van der Waals surface area contributed by atoms with E-state index in [-0.39, 0.29) is 0 Å². The molecule has 0 aliphatic carbocycles. The van der Waals surface area contributed by atoms with E-state index in [0.717, 1.165) is 12.3 Å². The molecule has 25 heavy (non-hydrogen) atoms. The summed E-state index contributed by atoms with van der Waals surface area (Å²) in [5, 5.41) is 4.05. The molecular weight excluding hydrogens is 340 g/mol. The van der Waals surface area contributed by atoms with Gasteiger partial charge >= 0.3 is 0 Å². The molecule has 0 radical (unpaired) electrons. The van der Waals surface area contributed by atoms with Gasteiger partial charge in [-0.15, -0.1) is 0 Å². The van der Waals surface area contributed by atoms with E-state index in [1.54, 1.807) is 30.1 Å². The van der Waals surface area contributed by atoms with Crippen LogP contribution < -0.4 is 4.74 Å². The normalized spacial score (nSPS) is 16.9. The Hall–Kier alpha value is -1.90. The summed E-state index contributed by atoms with van der Waals surface area (Å²) in [4.78, 5) is 2.56. The summed E-state index contributed by atoms with van der Waals surface area (Å²) in [6.45, 7) is 4.95. The van der Waals surface area contributed by atoms with Crippen molar-refractivity contribution in [2.24, 2.45) is 7.05 Å². The van der Waals surface area contributed by atoms with Crippen LogP contribution in [0, 0.1) is 6.92 Å². The first-order valence-corrected chi connectivity index (χ1v) is 9.70. The molecule has 1 aliphatic rings. The van der Waals surface area contributed by atoms with Gasteiger partial charge in [0.2, 0.25) is 10.0 Å². The maximum Gasteiger partial charge on any atom is 0.246 e. The number of nitrogens with zero attached hydrogens (tertiary/aromatic N) is 4. The molecule has 0 spiro atoms. The van der Waals surface area contributed by atoms with Crippen molar-refractivity contribution >= 4 is 10.0 Å². The molecule has 8 heteroatoms. The topological polar surface area (TPSA) is 67.7 Å². The Morgan fingerprint density at radius 1 is 1.20 bits per heavy atom. The maximum absolute atomic E-state index is 12.8. The Labute approximate surface area is 148 Å². The van der Waals surface area contributed by atoms with Crippen molar-refractivity contribution in [3.05, 3.63) is 41.7 Å². The average Bonchev–Trinajstić information content (AvgIpc) is 2.95. The minimum atomic E-state index is -3.48. The molecule has 0 atom stereocenters. The highest BCUT2D eigenvalue weighted by Crippen LogP contribution is 2.21. The van der Waals surface area contributed by atoms with Crippen LogP contribution in [0.15, 0.2) is 35.4 Å². The number of hydrogen-bond acceptors (Lipinski definition) is 5. The van der Waals surface area contributed by atoms with Crippen LogP contribution in [0.4, 0.5) is 0 Å². The summed E-state index contributed by atoms with van der Waals surface area (Å²) in [7, 11) is -0.0691. The molecule has 1 fully saturated rings. The van der Waals surface area contributed by atoms with Gasteiger partial charge in [-0.05, 0) is 24.6 Å². The molecule has 0 saturated carbocycles. The van der Waals surface area contributed by atoms with Gasteiger partial charge in [-0.2, -0.15) is 9.40 Å². The summed E-state index contributed by atoms with van der Waals surface area (Å²) in [5.41, 5.74) is 1.83. The third-order valence-electron chi connectivity index (χ3n) is 4.68. The fourth-order valence-electron chi connectivity index (χ4n) is 3.03. The number of aryl methyl sites for hydroxylation is 1. The van der Waals surface area contributed by atoms with Crippen LogP contribution in [0.5, 0.6) is 5.75 Å². The van der Waals surface area contributed by atoms with Crippen LogP contribution >= 0.6 is 0 Å². The number of ether oxygens (including phenoxy) is 1. The Balaban J connectivity index is 1.64. The maximum atomic E-state index is 12.8. The summed E-state index contributed by atoms with van der Waals surface area (Å²) < 4.78 is 34.0. The van der Waals surface area contributed by atoms with Crippen LogP contribution in [-0.4, -0.2) is 60.7 Å². The monoisotopic (exact) mass is 364 g/mol. The molecule has 7 nitrogen and oxygen atoms in total. The van der Waals surface area contributed by atoms with E-state index in [4.69, 9.17) is 4.74 Å². The van der Waals surface area contributed by atoms with Crippen LogP contribution in [0.3, 0.4) is 0 Å². The SMILES string of the molecule is COc1cccc(CN2CCN(S(=O)(=O)c3cnn(C)c3C)CC2)c1. The predicted molar refractivity (Wildman–Crippen MR) is 95.0 cm³/mol. The predicted octanol–water partition coefficient (Wildman–Crippen LogP) is 1.24. The van der Waals surface area contributed by atoms with E-state index >= 15 is 0 Å². The lowest BCUT2D eigenvalue weighted by Crippen LogP contribution is -2.48. The molecule has 136 valence electrons. The van der Waals surface area contributed by atoms with Gasteiger partial charge in [0.25, 0.3) is 0 Å². The largest absolute Gasteiger partial charge is 0.497 e. The summed E-state index contributed by atoms with van der Waals surface area (Å²) in [5.74, 6) is 0.839. The Bertz CT molecular complexity index is 839. The summed E-state index contributed by atoms with van der Waals surface area (Å²) >= 11 is 0. The fourth-order valence-corrected chi connectivity index (χ4v) is 4.64. The molecule has 0 bridgehead atoms. The lowest BCUT2D eigenvalue weighted by molar-refractivity contribution is 0.181. The van der Waals surface area contributed by atoms with Gasteiger partial charge in [-0.1, -0.05) is 12.1 Å². The van der Waals surface area contributed by atoms with Gasteiger partial charge in [0.05, 0.1) is 19.0 Å². The van der Waals surface area contributed by atoms with Gasteiger partial charge in [0.1, 0.15) is 10.6 Å². The molecule has 1 aliphatic heterocycles. The second-order valence-electron chi connectivity index (χ2n) is 6.25. The van der Waals surface area contributed by atoms with Crippen molar-refractivity contribution in [3.8, 4) is 5.75 Å². The van der Waals surface area contributed by atoms with Gasteiger partial charge in [-0.25, -0.2) is 8.42 Å². The first-order valence-electron chi connectivity index (χ1n) is 8.26. The minimum absolute atomic E-state index is 0.302. The molecule has 1 aromatic carbocycles. The van der Waals surface area contributed by atoms with Crippen LogP contribution in [0.1, 0.15) is 11.3 Å². The first-order chi connectivity index (χ1) is 11.9. The van der Waals surface area contributed by atoms with Crippen molar-refractivity contribution in [2.75, 3.05) is 33.3 Å². The van der Waals surface area contributed by atoms with Crippen LogP contribution in [0.25, 0.3) is 0 Å². The smallest absolute Gasteiger partial charge is 0.246 e. The molecule has 0 N–H and O–H groups in total. The highest BCUT2D eigenvalue weighted by Gasteiger charge is 2.31. The van der Waals surface area contributed by atoms with Crippen molar-refractivity contribution in [1.29, 1.82) is 0 Å². The second kappa shape index (κ2) is 7.15. The number of aromatic nitrogens is 2. The van der Waals surface area contributed by atoms with E-state index in [1.165, 1.54) is 11.8 Å². The van der Waals surface area contributed by atoms with Crippen LogP contribution in [-0.2, 0) is 23.6 Å². The Morgan fingerprint density at radius 2 is 1.92 bits per heavy atom. The zero-order valence-corrected chi connectivity index (χ0v) is 15.7. The molecule has 2 heterocycles. The highest BCUT2D eigenvalue weighted by atomic mass is 32.2. The molecular formula is C17H24N4O3S. The standard InChI is InChI=1S/C17H24N4O3S/c1-14-17(12-18-19(14)2)25(22,23)21-9-7-20(8-10-21)13-15-5-4-6-16(11-15)24-3/h4-6,11-12H,7-10,13H2,1-3H3. The number of sulfonamides is 1. The second-order valence-corrected chi connectivity index (χ2v) is 8.16. The molecule has 1 aromatic heterocycles. The molecule has 0 unspecified atom stereocenters. The van der Waals surface area contributed by atoms with Gasteiger partial charge < -0.3 is 4.74 Å². The molecule has 0 amide bonds. The van der Waals surface area contributed by atoms with Crippen LogP contribution in [0.2, 0.25) is 0 Å². The highest BCUT2D eigenvalue weighted by molar-refractivity contribution is 7.89. The van der Waals surface area contributed by atoms with Gasteiger partial charge in [0.15, 0.2) is 0 Å². The van der Waals surface area contributed by atoms with Crippen molar-refractivity contribution in [3.63, 3.8) is 0 Å². The van der Waals surface area contributed by atoms with E-state index in [2.05, 4.69) is 16.1 Å². The fraction of sp³-hybridized carbons (Fsp3) is 0.471. The molecule has 2 aromatic rings. The zero-order chi connectivity index (χ0) is 18.0. The number of rotatable bonds is 5. The van der Waals surface area contributed by atoms with E-state index in [9.17, 15) is 8.42 Å². The number of piperazine rings is 1. The third-order valence-corrected chi connectivity index (χ3v) is 6.68. The van der Waals surface area contributed by atoms with Crippen molar-refractivity contribution < 1.29 is 13.2 Å². The van der Waals surface area contributed by atoms with E-state index < -0.39 is 10.0 Å². The number of methoxy groups -OCH3 is 1. The Morgan fingerprint density at radius 3 is 2.52 bits per heavy atom. The lowest BCUT2D eigenvalue weighted by Gasteiger charge is -2.33. The third kappa shape index (κ3) is 3.70. The summed E-state index contributed by atoms with van der Waals surface area (Å²) in [6.07, 6.45) is 1.44. The molecule has 3 rings (SSSR count). The van der Waals surface area contributed by atoms with Crippen molar-refractivity contribution in [1.82, 2.24) is 19.0 Å². The molecule has 1 saturated heterocycles. The first kappa shape index (κ1) is 17.9. The quantitative estimate of drug-likeness (QED) is 0.799. The van der Waals surface area contributed by atoms with E-state index in [1.807, 2.05) is 18.2 Å². The average molecular weight is 364 g/mol. The summed E-state index contributed by atoms with van der Waals surface area (Å²) in [6, 6.07) is 7.97. The number of hydrogen-bond donors (Lipinski definition) is 0. The number of benzene rings is 1. The lowest BCUT2D eigenvalue weighted by atomic mass is 10.2.